The van der Waals surface area contributed by atoms with Crippen molar-refractivity contribution < 1.29 is 14.3 Å². The van der Waals surface area contributed by atoms with E-state index in [9.17, 15) is 9.59 Å². The Kier molecular flexibility index (Phi) is 5.24. The van der Waals surface area contributed by atoms with Crippen molar-refractivity contribution in [2.75, 3.05) is 19.0 Å². The molecular formula is C15H17N3O3S. The Hall–Kier alpha value is -2.25. The number of aryl methyl sites for hydroxylation is 1. The second kappa shape index (κ2) is 7.15. The third-order valence-electron chi connectivity index (χ3n) is 3.05. The summed E-state index contributed by atoms with van der Waals surface area (Å²) < 4.78 is 4.68. The van der Waals surface area contributed by atoms with Gasteiger partial charge >= 0.3 is 5.97 Å². The molecular weight excluding hydrogens is 302 g/mol. The minimum Gasteiger partial charge on any atom is -0.465 e. The molecule has 1 amide bonds. The van der Waals surface area contributed by atoms with Crippen LogP contribution in [0.25, 0.3) is 0 Å². The topological polar surface area (TPSA) is 94.3 Å². The second-order valence-electron chi connectivity index (χ2n) is 4.64. The molecule has 0 unspecified atom stereocenters. The van der Waals surface area contributed by atoms with E-state index >= 15 is 0 Å². The van der Waals surface area contributed by atoms with Crippen LogP contribution in [-0.2, 0) is 11.2 Å². The molecule has 3 N–H and O–H groups in total. The molecule has 0 atom stereocenters. The number of hydrogen-bond acceptors (Lipinski definition) is 6. The summed E-state index contributed by atoms with van der Waals surface area (Å²) in [5.74, 6) is -0.765. The molecule has 0 saturated heterocycles. The third kappa shape index (κ3) is 3.69. The van der Waals surface area contributed by atoms with Crippen molar-refractivity contribution in [1.82, 2.24) is 4.98 Å². The standard InChI is InChI=1S/C15H17N3O3S/c1-9-3-4-10(15(20)21-2)7-11(9)18-14(19)12-8-22-13(17-12)5-6-16/h3-4,7-8H,5-6,16H2,1-2H3,(H,18,19). The van der Waals surface area contributed by atoms with Crippen molar-refractivity contribution >= 4 is 28.9 Å². The molecule has 7 heteroatoms. The van der Waals surface area contributed by atoms with Crippen LogP contribution in [-0.4, -0.2) is 30.5 Å². The van der Waals surface area contributed by atoms with Crippen LogP contribution in [0.3, 0.4) is 0 Å². The highest BCUT2D eigenvalue weighted by Crippen LogP contribution is 2.19. The quantitative estimate of drug-likeness (QED) is 0.822. The van der Waals surface area contributed by atoms with Crippen molar-refractivity contribution in [2.24, 2.45) is 5.73 Å². The van der Waals surface area contributed by atoms with E-state index in [0.29, 0.717) is 29.9 Å². The molecule has 0 aliphatic rings. The summed E-state index contributed by atoms with van der Waals surface area (Å²) in [6, 6.07) is 4.99. The molecule has 22 heavy (non-hydrogen) atoms. The number of rotatable bonds is 5. The maximum Gasteiger partial charge on any atom is 0.337 e. The maximum atomic E-state index is 12.2. The van der Waals surface area contributed by atoms with Crippen LogP contribution in [0.1, 0.15) is 31.4 Å². The van der Waals surface area contributed by atoms with E-state index in [1.54, 1.807) is 23.6 Å². The molecule has 0 spiro atoms. The predicted octanol–water partition coefficient (Wildman–Crippen LogP) is 1.99. The molecule has 0 fully saturated rings. The summed E-state index contributed by atoms with van der Waals surface area (Å²) in [7, 11) is 1.31. The highest BCUT2D eigenvalue weighted by atomic mass is 32.1. The van der Waals surface area contributed by atoms with Gasteiger partial charge in [-0.25, -0.2) is 9.78 Å². The van der Waals surface area contributed by atoms with Gasteiger partial charge in [-0.1, -0.05) is 6.07 Å². The molecule has 0 aliphatic carbocycles. The normalized spacial score (nSPS) is 10.3. The zero-order valence-electron chi connectivity index (χ0n) is 12.4. The van der Waals surface area contributed by atoms with Crippen molar-refractivity contribution in [1.29, 1.82) is 0 Å². The van der Waals surface area contributed by atoms with Gasteiger partial charge in [0.25, 0.3) is 5.91 Å². The van der Waals surface area contributed by atoms with Crippen molar-refractivity contribution in [3.05, 3.63) is 45.4 Å². The highest BCUT2D eigenvalue weighted by Gasteiger charge is 2.14. The Morgan fingerprint density at radius 1 is 1.41 bits per heavy atom. The van der Waals surface area contributed by atoms with Crippen LogP contribution in [0.15, 0.2) is 23.6 Å². The van der Waals surface area contributed by atoms with Gasteiger partial charge in [0.2, 0.25) is 0 Å². The number of benzene rings is 1. The van der Waals surface area contributed by atoms with Gasteiger partial charge in [-0.15, -0.1) is 11.3 Å². The number of carbonyl (C=O) groups excluding carboxylic acids is 2. The number of amides is 1. The first kappa shape index (κ1) is 16.1. The van der Waals surface area contributed by atoms with E-state index in [-0.39, 0.29) is 5.91 Å². The number of methoxy groups -OCH3 is 1. The molecule has 0 aliphatic heterocycles. The van der Waals surface area contributed by atoms with Crippen molar-refractivity contribution in [2.45, 2.75) is 13.3 Å². The fourth-order valence-corrected chi connectivity index (χ4v) is 2.64. The number of nitrogens with one attached hydrogen (secondary N) is 1. The number of nitrogens with two attached hydrogens (primary N) is 1. The maximum absolute atomic E-state index is 12.2. The molecule has 0 saturated carbocycles. The molecule has 116 valence electrons. The van der Waals surface area contributed by atoms with Gasteiger partial charge < -0.3 is 15.8 Å². The fraction of sp³-hybridized carbons (Fsp3) is 0.267. The van der Waals surface area contributed by atoms with Crippen LogP contribution >= 0.6 is 11.3 Å². The number of nitrogens with zero attached hydrogens (tertiary/aromatic N) is 1. The molecule has 1 heterocycles. The van der Waals surface area contributed by atoms with Gasteiger partial charge in [-0.05, 0) is 31.2 Å². The molecule has 0 bridgehead atoms. The van der Waals surface area contributed by atoms with Gasteiger partial charge in [0.1, 0.15) is 5.69 Å². The average Bonchev–Trinajstić information content (AvgIpc) is 2.98. The lowest BCUT2D eigenvalue weighted by Crippen LogP contribution is -2.14. The number of esters is 1. The minimum atomic E-state index is -0.450. The highest BCUT2D eigenvalue weighted by molar-refractivity contribution is 7.09. The molecule has 0 radical (unpaired) electrons. The summed E-state index contributed by atoms with van der Waals surface area (Å²) in [6.07, 6.45) is 0.648. The number of hydrogen-bond donors (Lipinski definition) is 2. The van der Waals surface area contributed by atoms with E-state index in [1.807, 2.05) is 6.92 Å². The first-order chi connectivity index (χ1) is 10.5. The van der Waals surface area contributed by atoms with Gasteiger partial charge in [0.05, 0.1) is 17.7 Å². The zero-order valence-corrected chi connectivity index (χ0v) is 13.2. The largest absolute Gasteiger partial charge is 0.465 e. The lowest BCUT2D eigenvalue weighted by atomic mass is 10.1. The van der Waals surface area contributed by atoms with Gasteiger partial charge in [0.15, 0.2) is 0 Å². The van der Waals surface area contributed by atoms with Gasteiger partial charge in [-0.2, -0.15) is 0 Å². The first-order valence-corrected chi connectivity index (χ1v) is 7.58. The fourth-order valence-electron chi connectivity index (χ4n) is 1.84. The molecule has 6 nitrogen and oxygen atoms in total. The van der Waals surface area contributed by atoms with Crippen LogP contribution in [0.5, 0.6) is 0 Å². The van der Waals surface area contributed by atoms with E-state index in [4.69, 9.17) is 5.73 Å². The van der Waals surface area contributed by atoms with E-state index in [2.05, 4.69) is 15.0 Å². The SMILES string of the molecule is COC(=O)c1ccc(C)c(NC(=O)c2csc(CCN)n2)c1. The lowest BCUT2D eigenvalue weighted by molar-refractivity contribution is 0.0600. The molecule has 2 aromatic rings. The summed E-state index contributed by atoms with van der Waals surface area (Å²) in [6.45, 7) is 2.34. The summed E-state index contributed by atoms with van der Waals surface area (Å²) in [5.41, 5.74) is 7.60. The summed E-state index contributed by atoms with van der Waals surface area (Å²) in [4.78, 5) is 28.0. The number of aromatic nitrogens is 1. The Morgan fingerprint density at radius 2 is 2.18 bits per heavy atom. The van der Waals surface area contributed by atoms with E-state index in [0.717, 1.165) is 10.6 Å². The Labute approximate surface area is 132 Å². The number of carbonyl (C=O) groups is 2. The Morgan fingerprint density at radius 3 is 2.86 bits per heavy atom. The number of thiazole rings is 1. The van der Waals surface area contributed by atoms with E-state index in [1.165, 1.54) is 18.4 Å². The van der Waals surface area contributed by atoms with Gasteiger partial charge in [0, 0.05) is 17.5 Å². The van der Waals surface area contributed by atoms with Crippen molar-refractivity contribution in [3.8, 4) is 0 Å². The summed E-state index contributed by atoms with van der Waals surface area (Å²) >= 11 is 1.40. The minimum absolute atomic E-state index is 0.315. The van der Waals surface area contributed by atoms with Crippen LogP contribution < -0.4 is 11.1 Å². The van der Waals surface area contributed by atoms with Crippen LogP contribution in [0.2, 0.25) is 0 Å². The summed E-state index contributed by atoms with van der Waals surface area (Å²) in [5, 5.41) is 5.29. The predicted molar refractivity (Wildman–Crippen MR) is 85.3 cm³/mol. The van der Waals surface area contributed by atoms with Crippen LogP contribution in [0, 0.1) is 6.92 Å². The molecule has 1 aromatic heterocycles. The first-order valence-electron chi connectivity index (χ1n) is 6.70. The van der Waals surface area contributed by atoms with E-state index < -0.39 is 5.97 Å². The number of anilines is 1. The lowest BCUT2D eigenvalue weighted by Gasteiger charge is -2.09. The monoisotopic (exact) mass is 319 g/mol. The Balaban J connectivity index is 2.18. The molecule has 2 rings (SSSR count). The smallest absolute Gasteiger partial charge is 0.337 e. The second-order valence-corrected chi connectivity index (χ2v) is 5.58. The zero-order chi connectivity index (χ0) is 16.1. The average molecular weight is 319 g/mol. The van der Waals surface area contributed by atoms with Crippen molar-refractivity contribution in [3.63, 3.8) is 0 Å². The third-order valence-corrected chi connectivity index (χ3v) is 3.96. The Bertz CT molecular complexity index is 697. The van der Waals surface area contributed by atoms with Crippen LogP contribution in [0.4, 0.5) is 5.69 Å². The van der Waals surface area contributed by atoms with Gasteiger partial charge in [-0.3, -0.25) is 4.79 Å². The number of ether oxygens (including phenoxy) is 1. The molecule has 1 aromatic carbocycles.